The van der Waals surface area contributed by atoms with Crippen LogP contribution in [0.2, 0.25) is 5.02 Å². The number of nitrogens with one attached hydrogen (secondary N) is 1. The van der Waals surface area contributed by atoms with Crippen LogP contribution in [0.4, 0.5) is 23.0 Å². The minimum absolute atomic E-state index is 0.0247. The lowest BCUT2D eigenvalue weighted by atomic mass is 10.1. The number of carbonyl (C=O) groups excluding carboxylic acids is 1. The molecule has 3 aliphatic rings. The van der Waals surface area contributed by atoms with Crippen molar-refractivity contribution in [1.29, 1.82) is 0 Å². The Morgan fingerprint density at radius 3 is 2.78 bits per heavy atom. The van der Waals surface area contributed by atoms with Gasteiger partial charge in [0.05, 0.1) is 41.8 Å². The van der Waals surface area contributed by atoms with E-state index in [0.29, 0.717) is 42.8 Å². The van der Waals surface area contributed by atoms with Gasteiger partial charge in [0.15, 0.2) is 22.9 Å². The topological polar surface area (TPSA) is 97.3 Å². The maximum absolute atomic E-state index is 12.2. The van der Waals surface area contributed by atoms with Crippen LogP contribution in [0.5, 0.6) is 5.75 Å². The summed E-state index contributed by atoms with van der Waals surface area (Å²) in [7, 11) is 1.64. The Morgan fingerprint density at radius 2 is 2.04 bits per heavy atom. The average molecular weight is 648 g/mol. The number of aryl methyl sites for hydroxylation is 1. The highest BCUT2D eigenvalue weighted by molar-refractivity contribution is 8.03. The number of benzene rings is 1. The second-order valence-corrected chi connectivity index (χ2v) is 12.6. The first-order valence-electron chi connectivity index (χ1n) is 15.1. The number of hydrogen-bond acceptors (Lipinski definition) is 10. The van der Waals surface area contributed by atoms with Crippen LogP contribution < -0.4 is 24.8 Å². The molecule has 1 aromatic carbocycles. The molecule has 0 radical (unpaired) electrons. The van der Waals surface area contributed by atoms with E-state index in [1.165, 1.54) is 6.08 Å². The number of para-hydroxylation sites is 1. The number of thioether (sulfide) groups is 1. The molecule has 12 heteroatoms. The molecule has 0 spiro atoms. The summed E-state index contributed by atoms with van der Waals surface area (Å²) >= 11 is 8.25. The SMILES string of the molecule is C=CC(=O)N1CCN(c2ncc(-c3ccc(OC)c(N[C@H]4SC=CN4c4c(C)cccc4Cl)n3)cc2N2CCCC2CO)CC1. The summed E-state index contributed by atoms with van der Waals surface area (Å²) in [6.45, 7) is 9.13. The van der Waals surface area contributed by atoms with E-state index in [1.54, 1.807) is 18.9 Å². The van der Waals surface area contributed by atoms with E-state index in [1.807, 2.05) is 60.0 Å². The minimum Gasteiger partial charge on any atom is -0.493 e. The van der Waals surface area contributed by atoms with E-state index < -0.39 is 0 Å². The Balaban J connectivity index is 1.31. The molecule has 5 heterocycles. The lowest BCUT2D eigenvalue weighted by Crippen LogP contribution is -2.49. The van der Waals surface area contributed by atoms with Crippen LogP contribution in [0, 0.1) is 6.92 Å². The van der Waals surface area contributed by atoms with Crippen LogP contribution in [-0.4, -0.2) is 83.9 Å². The zero-order valence-electron chi connectivity index (χ0n) is 25.5. The van der Waals surface area contributed by atoms with E-state index in [4.69, 9.17) is 26.3 Å². The van der Waals surface area contributed by atoms with Gasteiger partial charge in [-0.1, -0.05) is 42.1 Å². The Kier molecular flexibility index (Phi) is 9.39. The number of halogens is 1. The molecule has 3 aromatic rings. The minimum atomic E-state index is -0.183. The maximum atomic E-state index is 12.2. The lowest BCUT2D eigenvalue weighted by molar-refractivity contribution is -0.126. The van der Waals surface area contributed by atoms with Gasteiger partial charge in [0.1, 0.15) is 0 Å². The molecule has 3 aliphatic heterocycles. The summed E-state index contributed by atoms with van der Waals surface area (Å²) in [6, 6.07) is 11.9. The highest BCUT2D eigenvalue weighted by Crippen LogP contribution is 2.40. The lowest BCUT2D eigenvalue weighted by Gasteiger charge is -2.37. The molecule has 0 bridgehead atoms. The molecule has 45 heavy (non-hydrogen) atoms. The number of aromatic nitrogens is 2. The Morgan fingerprint density at radius 1 is 1.22 bits per heavy atom. The van der Waals surface area contributed by atoms with Crippen molar-refractivity contribution in [2.75, 3.05) is 66.5 Å². The predicted molar refractivity (Wildman–Crippen MR) is 183 cm³/mol. The van der Waals surface area contributed by atoms with Crippen molar-refractivity contribution < 1.29 is 14.6 Å². The number of piperazine rings is 1. The summed E-state index contributed by atoms with van der Waals surface area (Å²) in [5, 5.41) is 16.5. The van der Waals surface area contributed by atoms with E-state index in [-0.39, 0.29) is 24.1 Å². The van der Waals surface area contributed by atoms with Crippen molar-refractivity contribution in [3.05, 3.63) is 77.4 Å². The van der Waals surface area contributed by atoms with Gasteiger partial charge < -0.3 is 34.8 Å². The number of carbonyl (C=O) groups is 1. The summed E-state index contributed by atoms with van der Waals surface area (Å²) in [5.74, 6) is 2.04. The second kappa shape index (κ2) is 13.6. The molecule has 2 N–H and O–H groups in total. The van der Waals surface area contributed by atoms with E-state index in [9.17, 15) is 9.90 Å². The third kappa shape index (κ3) is 6.29. The first-order valence-corrected chi connectivity index (χ1v) is 16.4. The molecule has 0 saturated carbocycles. The van der Waals surface area contributed by atoms with Crippen LogP contribution in [0.15, 0.2) is 66.9 Å². The number of rotatable bonds is 9. The van der Waals surface area contributed by atoms with Crippen molar-refractivity contribution in [1.82, 2.24) is 14.9 Å². The number of anilines is 4. The number of pyridine rings is 2. The molecular formula is C33H38ClN7O3S. The van der Waals surface area contributed by atoms with Gasteiger partial charge in [-0.15, -0.1) is 0 Å². The van der Waals surface area contributed by atoms with Crippen LogP contribution in [0.1, 0.15) is 18.4 Å². The predicted octanol–water partition coefficient (Wildman–Crippen LogP) is 5.33. The third-order valence-electron chi connectivity index (χ3n) is 8.57. The van der Waals surface area contributed by atoms with Gasteiger partial charge in [-0.2, -0.15) is 0 Å². The number of amides is 1. The molecule has 10 nitrogen and oxygen atoms in total. The first kappa shape index (κ1) is 31.1. The number of aliphatic hydroxyl groups is 1. The van der Waals surface area contributed by atoms with Gasteiger partial charge in [-0.3, -0.25) is 4.79 Å². The highest BCUT2D eigenvalue weighted by atomic mass is 35.5. The van der Waals surface area contributed by atoms with Gasteiger partial charge >= 0.3 is 0 Å². The smallest absolute Gasteiger partial charge is 0.246 e. The Bertz CT molecular complexity index is 1580. The number of aliphatic hydroxyl groups excluding tert-OH is 1. The van der Waals surface area contributed by atoms with Crippen LogP contribution in [0.25, 0.3) is 11.3 Å². The highest BCUT2D eigenvalue weighted by Gasteiger charge is 2.31. The molecule has 1 unspecified atom stereocenters. The molecule has 2 saturated heterocycles. The van der Waals surface area contributed by atoms with Gasteiger partial charge in [0.2, 0.25) is 5.91 Å². The molecular weight excluding hydrogens is 610 g/mol. The fraction of sp³-hybridized carbons (Fsp3) is 0.364. The summed E-state index contributed by atoms with van der Waals surface area (Å²) in [4.78, 5) is 30.6. The molecule has 2 fully saturated rings. The number of methoxy groups -OCH3 is 1. The zero-order chi connectivity index (χ0) is 31.5. The largest absolute Gasteiger partial charge is 0.493 e. The first-order chi connectivity index (χ1) is 21.9. The van der Waals surface area contributed by atoms with Gasteiger partial charge in [-0.05, 0) is 61.1 Å². The molecule has 0 aliphatic carbocycles. The van der Waals surface area contributed by atoms with Gasteiger partial charge in [0, 0.05) is 50.7 Å². The van der Waals surface area contributed by atoms with Crippen LogP contribution in [0.3, 0.4) is 0 Å². The monoisotopic (exact) mass is 647 g/mol. The fourth-order valence-corrected chi connectivity index (χ4v) is 7.36. The normalized spacial score (nSPS) is 19.7. The van der Waals surface area contributed by atoms with Crippen LogP contribution in [-0.2, 0) is 4.79 Å². The molecule has 2 aromatic heterocycles. The fourth-order valence-electron chi connectivity index (χ4n) is 6.21. The summed E-state index contributed by atoms with van der Waals surface area (Å²) < 4.78 is 5.71. The molecule has 2 atom stereocenters. The van der Waals surface area contributed by atoms with Gasteiger partial charge in [0.25, 0.3) is 0 Å². The van der Waals surface area contributed by atoms with E-state index in [0.717, 1.165) is 53.4 Å². The number of hydrogen-bond donors (Lipinski definition) is 2. The molecule has 1 amide bonds. The average Bonchev–Trinajstić information content (AvgIpc) is 3.74. The zero-order valence-corrected chi connectivity index (χ0v) is 27.1. The number of ether oxygens (including phenoxy) is 1. The van der Waals surface area contributed by atoms with E-state index in [2.05, 4.69) is 32.7 Å². The summed E-state index contributed by atoms with van der Waals surface area (Å²) in [5.41, 5.74) is 4.41. The van der Waals surface area contributed by atoms with Crippen molar-refractivity contribution in [3.8, 4) is 17.0 Å². The number of nitrogens with zero attached hydrogens (tertiary/aromatic N) is 6. The maximum Gasteiger partial charge on any atom is 0.246 e. The summed E-state index contributed by atoms with van der Waals surface area (Å²) in [6.07, 6.45) is 7.16. The van der Waals surface area contributed by atoms with Crippen molar-refractivity contribution >= 4 is 52.3 Å². The Labute approximate surface area is 273 Å². The Hall–Kier alpha value is -3.93. The standard InChI is InChI=1S/C33H38ClN7O3S/c1-4-29(43)38-13-15-39(16-14-38)32-27(40-12-6-8-24(40)21-42)19-23(20-35-32)26-10-11-28(44-3)31(36-26)37-33-41(17-18-45-33)30-22(2)7-5-9-25(30)34/h4-5,7,9-11,17-20,24,33,42H,1,6,8,12-16,21H2,2-3H3,(H,36,37)/t24?,33-/m1/s1. The van der Waals surface area contributed by atoms with E-state index >= 15 is 0 Å². The van der Waals surface area contributed by atoms with Gasteiger partial charge in [-0.25, -0.2) is 9.97 Å². The molecule has 236 valence electrons. The van der Waals surface area contributed by atoms with Crippen molar-refractivity contribution in [3.63, 3.8) is 0 Å². The second-order valence-electron chi connectivity index (χ2n) is 11.2. The van der Waals surface area contributed by atoms with Crippen LogP contribution >= 0.6 is 23.4 Å². The third-order valence-corrected chi connectivity index (χ3v) is 9.76. The quantitative estimate of drug-likeness (QED) is 0.297. The van der Waals surface area contributed by atoms with Crippen molar-refractivity contribution in [2.24, 2.45) is 0 Å². The van der Waals surface area contributed by atoms with Crippen molar-refractivity contribution in [2.45, 2.75) is 31.3 Å². The molecule has 6 rings (SSSR count).